The summed E-state index contributed by atoms with van der Waals surface area (Å²) in [7, 11) is 0. The molecule has 0 unspecified atom stereocenters. The van der Waals surface area contributed by atoms with Crippen molar-refractivity contribution in [2.75, 3.05) is 31.6 Å². The first-order chi connectivity index (χ1) is 13.7. The molecule has 3 rings (SSSR count). The maximum Gasteiger partial charge on any atom is 0.319 e. The quantitative estimate of drug-likeness (QED) is 0.746. The minimum absolute atomic E-state index is 0.0298. The van der Waals surface area contributed by atoms with Crippen molar-refractivity contribution in [1.29, 1.82) is 0 Å². The molecule has 2 aromatic rings. The zero-order valence-electron chi connectivity index (χ0n) is 16.0. The number of likely N-dealkylation sites (tertiary alicyclic amines) is 1. The molecule has 0 saturated carbocycles. The molecule has 1 aliphatic heterocycles. The van der Waals surface area contributed by atoms with Gasteiger partial charge < -0.3 is 20.3 Å². The molecule has 0 aliphatic carbocycles. The first-order valence-electron chi connectivity index (χ1n) is 9.84. The third-order valence-corrected chi connectivity index (χ3v) is 4.66. The Kier molecular flexibility index (Phi) is 7.29. The predicted molar refractivity (Wildman–Crippen MR) is 110 cm³/mol. The molecule has 0 bridgehead atoms. The van der Waals surface area contributed by atoms with Crippen LogP contribution in [0.1, 0.15) is 36.0 Å². The van der Waals surface area contributed by atoms with Crippen molar-refractivity contribution in [2.24, 2.45) is 0 Å². The first-order valence-corrected chi connectivity index (χ1v) is 9.84. The van der Waals surface area contributed by atoms with Gasteiger partial charge in [-0.15, -0.1) is 0 Å². The number of rotatable bonds is 6. The zero-order chi connectivity index (χ0) is 19.6. The van der Waals surface area contributed by atoms with Gasteiger partial charge in [0, 0.05) is 24.3 Å². The van der Waals surface area contributed by atoms with Crippen molar-refractivity contribution >= 4 is 17.6 Å². The lowest BCUT2D eigenvalue weighted by atomic mass is 10.1. The minimum Gasteiger partial charge on any atom is -0.492 e. The molecule has 1 saturated heterocycles. The van der Waals surface area contributed by atoms with Gasteiger partial charge in [0.15, 0.2) is 0 Å². The summed E-state index contributed by atoms with van der Waals surface area (Å²) < 4.78 is 5.54. The Morgan fingerprint density at radius 3 is 2.43 bits per heavy atom. The summed E-state index contributed by atoms with van der Waals surface area (Å²) in [5, 5.41) is 5.53. The Morgan fingerprint density at radius 2 is 1.68 bits per heavy atom. The van der Waals surface area contributed by atoms with Crippen LogP contribution in [0.15, 0.2) is 54.6 Å². The summed E-state index contributed by atoms with van der Waals surface area (Å²) in [4.78, 5) is 26.7. The van der Waals surface area contributed by atoms with Gasteiger partial charge >= 0.3 is 6.03 Å². The highest BCUT2D eigenvalue weighted by Crippen LogP contribution is 2.16. The number of para-hydroxylation sites is 1. The molecule has 6 nitrogen and oxygen atoms in total. The number of nitrogens with one attached hydrogen (secondary N) is 2. The molecule has 2 N–H and O–H groups in total. The fourth-order valence-corrected chi connectivity index (χ4v) is 3.21. The van der Waals surface area contributed by atoms with Gasteiger partial charge in [0.25, 0.3) is 5.91 Å². The van der Waals surface area contributed by atoms with E-state index in [1.54, 1.807) is 24.3 Å². The zero-order valence-corrected chi connectivity index (χ0v) is 16.0. The Bertz CT molecular complexity index is 772. The van der Waals surface area contributed by atoms with E-state index in [1.165, 1.54) is 12.8 Å². The van der Waals surface area contributed by atoms with Crippen molar-refractivity contribution in [3.63, 3.8) is 0 Å². The molecular weight excluding hydrogens is 354 g/mol. The van der Waals surface area contributed by atoms with Crippen LogP contribution < -0.4 is 15.4 Å². The fraction of sp³-hybridized carbons (Fsp3) is 0.364. The molecule has 1 heterocycles. The third kappa shape index (κ3) is 6.01. The summed E-state index contributed by atoms with van der Waals surface area (Å²) in [5.41, 5.74) is 1.20. The highest BCUT2D eigenvalue weighted by atomic mass is 16.5. The molecular formula is C22H27N3O3. The number of hydrogen-bond donors (Lipinski definition) is 2. The second kappa shape index (κ2) is 10.3. The van der Waals surface area contributed by atoms with Crippen molar-refractivity contribution < 1.29 is 14.3 Å². The lowest BCUT2D eigenvalue weighted by Crippen LogP contribution is -2.33. The number of amides is 3. The topological polar surface area (TPSA) is 70.7 Å². The molecule has 0 atom stereocenters. The number of urea groups is 1. The van der Waals surface area contributed by atoms with E-state index in [0.29, 0.717) is 24.4 Å². The average Bonchev–Trinajstić information content (AvgIpc) is 3.01. The van der Waals surface area contributed by atoms with Gasteiger partial charge in [-0.25, -0.2) is 4.79 Å². The second-order valence-electron chi connectivity index (χ2n) is 6.83. The minimum atomic E-state index is -0.323. The van der Waals surface area contributed by atoms with Gasteiger partial charge in [0.1, 0.15) is 12.4 Å². The van der Waals surface area contributed by atoms with E-state index in [9.17, 15) is 9.59 Å². The van der Waals surface area contributed by atoms with E-state index < -0.39 is 0 Å². The SMILES string of the molecule is O=C(NCCOc1ccccc1)Nc1cccc(C(=O)N2CCCCCC2)c1. The smallest absolute Gasteiger partial charge is 0.319 e. The molecule has 0 radical (unpaired) electrons. The molecule has 28 heavy (non-hydrogen) atoms. The normalized spacial score (nSPS) is 14.1. The van der Waals surface area contributed by atoms with Crippen LogP contribution in [0.4, 0.5) is 10.5 Å². The van der Waals surface area contributed by atoms with Gasteiger partial charge in [0.05, 0.1) is 6.54 Å². The standard InChI is InChI=1S/C22H27N3O3/c26-21(25-14-6-1-2-7-15-25)18-9-8-10-19(17-18)24-22(27)23-13-16-28-20-11-4-3-5-12-20/h3-5,8-12,17H,1-2,6-7,13-16H2,(H2,23,24,27). The van der Waals surface area contributed by atoms with E-state index >= 15 is 0 Å². The van der Waals surface area contributed by atoms with Crippen LogP contribution in [0.3, 0.4) is 0 Å². The number of ether oxygens (including phenoxy) is 1. The van der Waals surface area contributed by atoms with Crippen molar-refractivity contribution in [3.05, 3.63) is 60.2 Å². The van der Waals surface area contributed by atoms with Crippen LogP contribution in [0.2, 0.25) is 0 Å². The fourth-order valence-electron chi connectivity index (χ4n) is 3.21. The number of carbonyl (C=O) groups is 2. The van der Waals surface area contributed by atoms with Crippen LogP contribution >= 0.6 is 0 Å². The van der Waals surface area contributed by atoms with E-state index in [1.807, 2.05) is 35.2 Å². The van der Waals surface area contributed by atoms with Gasteiger partial charge in [-0.2, -0.15) is 0 Å². The number of benzene rings is 2. The third-order valence-electron chi connectivity index (χ3n) is 4.66. The first kappa shape index (κ1) is 19.7. The maximum atomic E-state index is 12.7. The van der Waals surface area contributed by atoms with E-state index in [2.05, 4.69) is 10.6 Å². The summed E-state index contributed by atoms with van der Waals surface area (Å²) in [6.07, 6.45) is 4.47. The average molecular weight is 381 g/mol. The monoisotopic (exact) mass is 381 g/mol. The van der Waals surface area contributed by atoms with Crippen molar-refractivity contribution in [3.8, 4) is 5.75 Å². The summed E-state index contributed by atoms with van der Waals surface area (Å²) in [6.45, 7) is 2.37. The highest BCUT2D eigenvalue weighted by molar-refractivity contribution is 5.96. The number of anilines is 1. The number of nitrogens with zero attached hydrogens (tertiary/aromatic N) is 1. The summed E-state index contributed by atoms with van der Waals surface area (Å²) in [6, 6.07) is 16.2. The highest BCUT2D eigenvalue weighted by Gasteiger charge is 2.17. The van der Waals surface area contributed by atoms with Crippen molar-refractivity contribution in [2.45, 2.75) is 25.7 Å². The predicted octanol–water partition coefficient (Wildman–Crippen LogP) is 3.90. The maximum absolute atomic E-state index is 12.7. The van der Waals surface area contributed by atoms with E-state index in [0.717, 1.165) is 31.7 Å². The van der Waals surface area contributed by atoms with Gasteiger partial charge in [-0.05, 0) is 43.2 Å². The molecule has 1 aliphatic rings. The van der Waals surface area contributed by atoms with Gasteiger partial charge in [0.2, 0.25) is 0 Å². The molecule has 0 spiro atoms. The Balaban J connectivity index is 1.46. The molecule has 1 fully saturated rings. The molecule has 3 amide bonds. The van der Waals surface area contributed by atoms with Gasteiger partial charge in [-0.1, -0.05) is 37.1 Å². The lowest BCUT2D eigenvalue weighted by Gasteiger charge is -2.20. The lowest BCUT2D eigenvalue weighted by molar-refractivity contribution is 0.0761. The van der Waals surface area contributed by atoms with Crippen LogP contribution in [0.25, 0.3) is 0 Å². The molecule has 0 aromatic heterocycles. The van der Waals surface area contributed by atoms with E-state index in [-0.39, 0.29) is 11.9 Å². The van der Waals surface area contributed by atoms with Crippen LogP contribution in [0, 0.1) is 0 Å². The summed E-state index contributed by atoms with van der Waals surface area (Å²) in [5.74, 6) is 0.798. The Hall–Kier alpha value is -3.02. The van der Waals surface area contributed by atoms with Crippen LogP contribution in [-0.4, -0.2) is 43.1 Å². The van der Waals surface area contributed by atoms with Crippen LogP contribution in [0.5, 0.6) is 5.75 Å². The van der Waals surface area contributed by atoms with E-state index in [4.69, 9.17) is 4.74 Å². The number of hydrogen-bond acceptors (Lipinski definition) is 3. The Labute approximate surface area is 165 Å². The Morgan fingerprint density at radius 1 is 0.929 bits per heavy atom. The second-order valence-corrected chi connectivity index (χ2v) is 6.83. The van der Waals surface area contributed by atoms with Crippen LogP contribution in [-0.2, 0) is 0 Å². The summed E-state index contributed by atoms with van der Waals surface area (Å²) >= 11 is 0. The molecule has 2 aromatic carbocycles. The molecule has 148 valence electrons. The molecule has 6 heteroatoms. The largest absolute Gasteiger partial charge is 0.492 e. The number of carbonyl (C=O) groups excluding carboxylic acids is 2. The van der Waals surface area contributed by atoms with Gasteiger partial charge in [-0.3, -0.25) is 4.79 Å². The van der Waals surface area contributed by atoms with Crippen molar-refractivity contribution in [1.82, 2.24) is 10.2 Å².